The number of carbonyl (C=O) groups is 3. The fourth-order valence-corrected chi connectivity index (χ4v) is 7.81. The first-order valence-electron chi connectivity index (χ1n) is 17.3. The van der Waals surface area contributed by atoms with Crippen LogP contribution in [0.25, 0.3) is 0 Å². The zero-order valence-corrected chi connectivity index (χ0v) is 27.5. The number of anilines is 2. The van der Waals surface area contributed by atoms with Crippen LogP contribution in [-0.4, -0.2) is 117 Å². The second-order valence-electron chi connectivity index (χ2n) is 13.6. The van der Waals surface area contributed by atoms with Gasteiger partial charge in [-0.3, -0.25) is 4.79 Å². The molecule has 244 valence electrons. The number of para-hydroxylation sites is 1. The highest BCUT2D eigenvalue weighted by atomic mass is 16.6. The quantitative estimate of drug-likeness (QED) is 0.364. The lowest BCUT2D eigenvalue weighted by molar-refractivity contribution is -0.142. The molecule has 4 aliphatic rings. The molecule has 2 aromatic rings. The number of piperidine rings is 3. The number of urea groups is 1. The minimum absolute atomic E-state index is 0.0396. The lowest BCUT2D eigenvalue weighted by Gasteiger charge is -2.41. The van der Waals surface area contributed by atoms with Crippen LogP contribution in [0.3, 0.4) is 0 Å². The summed E-state index contributed by atoms with van der Waals surface area (Å²) in [6.45, 7) is 5.26. The number of hydrogen-bond acceptors (Lipinski definition) is 6. The Morgan fingerprint density at radius 3 is 2.20 bits per heavy atom. The Kier molecular flexibility index (Phi) is 10.1. The van der Waals surface area contributed by atoms with Gasteiger partial charge in [-0.25, -0.2) is 9.59 Å². The Morgan fingerprint density at radius 1 is 0.870 bits per heavy atom. The topological polar surface area (TPSA) is 111 Å². The maximum atomic E-state index is 14.0. The summed E-state index contributed by atoms with van der Waals surface area (Å²) < 4.78 is 6.09. The van der Waals surface area contributed by atoms with Gasteiger partial charge in [-0.15, -0.1) is 0 Å². The van der Waals surface area contributed by atoms with Crippen molar-refractivity contribution in [3.05, 3.63) is 47.5 Å². The van der Waals surface area contributed by atoms with Crippen LogP contribution in [0.5, 0.6) is 0 Å². The van der Waals surface area contributed by atoms with Gasteiger partial charge in [0, 0.05) is 62.6 Å². The molecule has 0 aliphatic carbocycles. The van der Waals surface area contributed by atoms with E-state index in [1.54, 1.807) is 4.90 Å². The maximum Gasteiger partial charge on any atom is 0.410 e. The number of benzene rings is 2. The molecule has 0 unspecified atom stereocenters. The van der Waals surface area contributed by atoms with Gasteiger partial charge >= 0.3 is 12.1 Å². The molecule has 4 aliphatic heterocycles. The van der Waals surface area contributed by atoms with Crippen LogP contribution in [0, 0.1) is 0 Å². The van der Waals surface area contributed by atoms with E-state index < -0.39 is 12.2 Å². The normalized spacial score (nSPS) is 20.9. The highest BCUT2D eigenvalue weighted by Crippen LogP contribution is 2.26. The van der Waals surface area contributed by atoms with Crippen LogP contribution in [0.2, 0.25) is 0 Å². The molecule has 3 fully saturated rings. The highest BCUT2D eigenvalue weighted by molar-refractivity contribution is 6.43. The van der Waals surface area contributed by atoms with Crippen LogP contribution in [0.1, 0.15) is 56.1 Å². The van der Waals surface area contributed by atoms with Crippen molar-refractivity contribution in [2.75, 3.05) is 56.9 Å². The third-order valence-electron chi connectivity index (χ3n) is 10.6. The number of rotatable bonds is 6. The molecule has 46 heavy (non-hydrogen) atoms. The summed E-state index contributed by atoms with van der Waals surface area (Å²) in [6.07, 6.45) is 6.79. The molecule has 2 aromatic carbocycles. The third-order valence-corrected chi connectivity index (χ3v) is 10.6. The number of likely N-dealkylation sites (tertiary alicyclic amines) is 3. The number of nitrogens with one attached hydrogen (secondary N) is 1. The predicted octanol–water partition coefficient (Wildman–Crippen LogP) is 0.865. The molecule has 10 nitrogen and oxygen atoms in total. The molecule has 12 heteroatoms. The molecule has 0 spiro atoms. The van der Waals surface area contributed by atoms with Crippen molar-refractivity contribution < 1.29 is 19.1 Å². The van der Waals surface area contributed by atoms with Gasteiger partial charge < -0.3 is 35.4 Å². The average molecular weight is 626 g/mol. The van der Waals surface area contributed by atoms with E-state index in [9.17, 15) is 14.4 Å². The largest absolute Gasteiger partial charge is 0.436 e. The molecule has 0 bridgehead atoms. The SMILES string of the molecule is Bc1cc(C[C@@H](OC(=O)N2CCC(N3CCc4ccccc4NC3=O)CC2)C(=O)N2CCC(N3CCCCC3)CC2)cc(B)c1N. The molecule has 3 saturated heterocycles. The molecule has 4 heterocycles. The molecular formula is C34H48B2N6O4. The van der Waals surface area contributed by atoms with Crippen molar-refractivity contribution in [1.29, 1.82) is 0 Å². The number of amides is 4. The van der Waals surface area contributed by atoms with Crippen molar-refractivity contribution in [2.24, 2.45) is 0 Å². The summed E-state index contributed by atoms with van der Waals surface area (Å²) in [5.74, 6) is -0.117. The number of hydrogen-bond donors (Lipinski definition) is 2. The molecule has 3 N–H and O–H groups in total. The van der Waals surface area contributed by atoms with E-state index in [4.69, 9.17) is 10.5 Å². The number of nitrogen functional groups attached to an aromatic ring is 1. The van der Waals surface area contributed by atoms with E-state index in [-0.39, 0.29) is 18.0 Å². The summed E-state index contributed by atoms with van der Waals surface area (Å²) in [7, 11) is 3.93. The number of nitrogens with zero attached hydrogens (tertiary/aromatic N) is 4. The van der Waals surface area contributed by atoms with Gasteiger partial charge in [-0.2, -0.15) is 0 Å². The van der Waals surface area contributed by atoms with Crippen molar-refractivity contribution in [2.45, 2.75) is 76.0 Å². The first-order valence-corrected chi connectivity index (χ1v) is 17.3. The molecule has 0 radical (unpaired) electrons. The van der Waals surface area contributed by atoms with Gasteiger partial charge in [0.15, 0.2) is 6.10 Å². The Morgan fingerprint density at radius 2 is 1.50 bits per heavy atom. The van der Waals surface area contributed by atoms with E-state index in [2.05, 4.69) is 16.3 Å². The molecule has 6 rings (SSSR count). The van der Waals surface area contributed by atoms with Gasteiger partial charge in [-0.1, -0.05) is 47.7 Å². The summed E-state index contributed by atoms with van der Waals surface area (Å²) >= 11 is 0. The van der Waals surface area contributed by atoms with E-state index in [0.717, 1.165) is 65.8 Å². The van der Waals surface area contributed by atoms with Crippen molar-refractivity contribution >= 4 is 56.0 Å². The van der Waals surface area contributed by atoms with Crippen LogP contribution in [0.15, 0.2) is 36.4 Å². The van der Waals surface area contributed by atoms with Crippen LogP contribution in [0.4, 0.5) is 21.0 Å². The van der Waals surface area contributed by atoms with Gasteiger partial charge in [0.2, 0.25) is 0 Å². The van der Waals surface area contributed by atoms with E-state index >= 15 is 0 Å². The van der Waals surface area contributed by atoms with Crippen molar-refractivity contribution in [3.8, 4) is 0 Å². The number of carbonyl (C=O) groups excluding carboxylic acids is 3. The number of ether oxygens (including phenoxy) is 1. The standard InChI is InChI=1S/C34H48B2N6O4/c35-27-20-23(21-28(36)31(27)37)22-30(32(43)40-15-9-25(10-16-40)39-13-4-1-5-14-39)46-34(45)41-17-11-26(12-18-41)42-19-8-24-6-2-3-7-29(24)38-33(42)44/h2-3,6-7,20-21,25-26,30H,1,4-5,8-19,22,35-37H2,(H,38,44)/t30-/m1/s1. The molecule has 0 aromatic heterocycles. The first-order chi connectivity index (χ1) is 22.3. The van der Waals surface area contributed by atoms with Crippen LogP contribution < -0.4 is 22.0 Å². The lowest BCUT2D eigenvalue weighted by Crippen LogP contribution is -2.53. The van der Waals surface area contributed by atoms with Gasteiger partial charge in [-0.05, 0) is 75.2 Å². The Labute approximate surface area is 274 Å². The second-order valence-corrected chi connectivity index (χ2v) is 13.6. The van der Waals surface area contributed by atoms with E-state index in [0.29, 0.717) is 58.0 Å². The summed E-state index contributed by atoms with van der Waals surface area (Å²) in [5.41, 5.74) is 11.8. The Hall–Kier alpha value is -3.66. The third kappa shape index (κ3) is 7.32. The molecule has 4 amide bonds. The second kappa shape index (κ2) is 14.4. The van der Waals surface area contributed by atoms with Crippen LogP contribution in [-0.2, 0) is 22.4 Å². The summed E-state index contributed by atoms with van der Waals surface area (Å²) in [5, 5.41) is 3.06. The molecule has 0 saturated carbocycles. The van der Waals surface area contributed by atoms with E-state index in [1.165, 1.54) is 19.3 Å². The monoisotopic (exact) mass is 626 g/mol. The minimum atomic E-state index is -0.908. The van der Waals surface area contributed by atoms with Gasteiger partial charge in [0.05, 0.1) is 0 Å². The van der Waals surface area contributed by atoms with Gasteiger partial charge in [0.25, 0.3) is 5.91 Å². The summed E-state index contributed by atoms with van der Waals surface area (Å²) in [4.78, 5) is 48.8. The molecular weight excluding hydrogens is 578 g/mol. The van der Waals surface area contributed by atoms with Crippen molar-refractivity contribution in [1.82, 2.24) is 19.6 Å². The minimum Gasteiger partial charge on any atom is -0.436 e. The average Bonchev–Trinajstić information content (AvgIpc) is 3.25. The predicted molar refractivity (Wildman–Crippen MR) is 187 cm³/mol. The van der Waals surface area contributed by atoms with Gasteiger partial charge in [0.1, 0.15) is 15.7 Å². The zero-order chi connectivity index (χ0) is 32.2. The zero-order valence-electron chi connectivity index (χ0n) is 27.5. The van der Waals surface area contributed by atoms with Crippen molar-refractivity contribution in [3.63, 3.8) is 0 Å². The smallest absolute Gasteiger partial charge is 0.410 e. The first kappa shape index (κ1) is 32.3. The Bertz CT molecular complexity index is 1400. The lowest BCUT2D eigenvalue weighted by atomic mass is 9.82. The highest BCUT2D eigenvalue weighted by Gasteiger charge is 2.36. The number of fused-ring (bicyclic) bond motifs is 1. The fraction of sp³-hybridized carbons (Fsp3) is 0.559. The Balaban J connectivity index is 1.09. The maximum absolute atomic E-state index is 14.0. The van der Waals surface area contributed by atoms with E-state index in [1.807, 2.05) is 55.8 Å². The van der Waals surface area contributed by atoms with Crippen LogP contribution >= 0.6 is 0 Å². The fourth-order valence-electron chi connectivity index (χ4n) is 7.81. The molecule has 1 atom stereocenters. The number of nitrogens with two attached hydrogens (primary N) is 1. The summed E-state index contributed by atoms with van der Waals surface area (Å²) in [6, 6.07) is 12.4.